The summed E-state index contributed by atoms with van der Waals surface area (Å²) in [6.45, 7) is -0.114. The first-order valence-electron chi connectivity index (χ1n) is 9.40. The van der Waals surface area contributed by atoms with E-state index in [0.717, 1.165) is 11.3 Å². The average molecular weight is 417 g/mol. The summed E-state index contributed by atoms with van der Waals surface area (Å²) in [6, 6.07) is 7.68. The second-order valence-corrected chi connectivity index (χ2v) is 6.89. The van der Waals surface area contributed by atoms with Gasteiger partial charge < -0.3 is 35.3 Å². The number of hydrogen-bond donors (Lipinski definition) is 4. The van der Waals surface area contributed by atoms with E-state index in [1.807, 2.05) is 24.3 Å². The van der Waals surface area contributed by atoms with E-state index in [1.165, 1.54) is 10.9 Å². The van der Waals surface area contributed by atoms with Crippen molar-refractivity contribution in [3.05, 3.63) is 36.2 Å². The van der Waals surface area contributed by atoms with Crippen molar-refractivity contribution in [1.82, 2.24) is 19.5 Å². The molecule has 30 heavy (non-hydrogen) atoms. The van der Waals surface area contributed by atoms with Gasteiger partial charge in [-0.05, 0) is 17.7 Å². The molecule has 11 nitrogen and oxygen atoms in total. The van der Waals surface area contributed by atoms with Gasteiger partial charge in [-0.1, -0.05) is 12.1 Å². The number of anilines is 1. The maximum Gasteiger partial charge on any atom is 0.320 e. The number of methoxy groups -OCH3 is 1. The maximum atomic E-state index is 10.3. The van der Waals surface area contributed by atoms with E-state index in [1.54, 1.807) is 7.11 Å². The summed E-state index contributed by atoms with van der Waals surface area (Å²) >= 11 is 0. The van der Waals surface area contributed by atoms with Crippen LogP contribution in [0.1, 0.15) is 11.8 Å². The van der Waals surface area contributed by atoms with Crippen molar-refractivity contribution in [2.45, 2.75) is 31.0 Å². The number of imidazole rings is 1. The van der Waals surface area contributed by atoms with Gasteiger partial charge in [-0.15, -0.1) is 0 Å². The lowest BCUT2D eigenvalue weighted by Crippen LogP contribution is -2.33. The van der Waals surface area contributed by atoms with Crippen LogP contribution in [0.4, 0.5) is 5.82 Å². The molecule has 1 aromatic carbocycles. The Labute approximate surface area is 171 Å². The number of nitrogen functional groups attached to an aromatic ring is 1. The number of ether oxygens (including phenoxy) is 3. The summed E-state index contributed by atoms with van der Waals surface area (Å²) in [5.74, 6) is 0.893. The van der Waals surface area contributed by atoms with E-state index in [0.29, 0.717) is 18.5 Å². The van der Waals surface area contributed by atoms with E-state index in [9.17, 15) is 15.3 Å². The Morgan fingerprint density at radius 3 is 2.60 bits per heavy atom. The Balaban J connectivity index is 1.51. The second-order valence-electron chi connectivity index (χ2n) is 6.89. The molecule has 1 aliphatic rings. The quantitative estimate of drug-likeness (QED) is 0.400. The summed E-state index contributed by atoms with van der Waals surface area (Å²) in [4.78, 5) is 12.6. The standard InChI is InChI=1S/C19H23N5O6/c1-28-11-4-2-10(3-5-11)6-7-29-19-22-16(20)13-17(23-19)24(9-21-13)18-15(27)14(26)12(8-25)30-18/h2-5,9,12,14-15,18,25-27H,6-8H2,1H3,(H2,20,22,23)/t12-,14-,15-,18?/m0/s1. The van der Waals surface area contributed by atoms with E-state index >= 15 is 0 Å². The topological polar surface area (TPSA) is 158 Å². The average Bonchev–Trinajstić information content (AvgIpc) is 3.30. The van der Waals surface area contributed by atoms with Crippen LogP contribution in [-0.4, -0.2) is 73.5 Å². The number of aromatic nitrogens is 4. The predicted octanol–water partition coefficient (Wildman–Crippen LogP) is -0.350. The zero-order valence-corrected chi connectivity index (χ0v) is 16.3. The number of benzene rings is 1. The van der Waals surface area contributed by atoms with Crippen molar-refractivity contribution in [2.24, 2.45) is 0 Å². The third kappa shape index (κ3) is 3.75. The van der Waals surface area contributed by atoms with Crippen LogP contribution in [0.2, 0.25) is 0 Å². The number of aliphatic hydroxyl groups is 3. The smallest absolute Gasteiger partial charge is 0.320 e. The number of rotatable bonds is 7. The van der Waals surface area contributed by atoms with Gasteiger partial charge in [-0.3, -0.25) is 4.57 Å². The van der Waals surface area contributed by atoms with Gasteiger partial charge in [0, 0.05) is 6.42 Å². The fourth-order valence-corrected chi connectivity index (χ4v) is 3.33. The monoisotopic (exact) mass is 417 g/mol. The first-order valence-corrected chi connectivity index (χ1v) is 9.40. The third-order valence-electron chi connectivity index (χ3n) is 5.00. The summed E-state index contributed by atoms with van der Waals surface area (Å²) in [5.41, 5.74) is 7.65. The van der Waals surface area contributed by atoms with Gasteiger partial charge in [0.25, 0.3) is 0 Å². The van der Waals surface area contributed by atoms with Crippen LogP contribution >= 0.6 is 0 Å². The highest BCUT2D eigenvalue weighted by molar-refractivity contribution is 5.82. The minimum absolute atomic E-state index is 0.0574. The lowest BCUT2D eigenvalue weighted by Gasteiger charge is -2.16. The second kappa shape index (κ2) is 8.40. The Morgan fingerprint density at radius 1 is 1.17 bits per heavy atom. The van der Waals surface area contributed by atoms with Crippen molar-refractivity contribution in [1.29, 1.82) is 0 Å². The molecule has 0 radical (unpaired) electrons. The molecule has 160 valence electrons. The predicted molar refractivity (Wildman–Crippen MR) is 105 cm³/mol. The van der Waals surface area contributed by atoms with Crippen molar-refractivity contribution in [3.8, 4) is 11.8 Å². The number of aliphatic hydroxyl groups excluding tert-OH is 3. The molecule has 3 heterocycles. The Hall–Kier alpha value is -2.99. The van der Waals surface area contributed by atoms with Gasteiger partial charge in [-0.25, -0.2) is 4.98 Å². The summed E-state index contributed by atoms with van der Waals surface area (Å²) < 4.78 is 17.8. The van der Waals surface area contributed by atoms with E-state index in [2.05, 4.69) is 15.0 Å². The highest BCUT2D eigenvalue weighted by atomic mass is 16.6. The largest absolute Gasteiger partial charge is 0.497 e. The molecule has 0 saturated carbocycles. The number of nitrogens with two attached hydrogens (primary N) is 1. The van der Waals surface area contributed by atoms with Crippen LogP contribution in [-0.2, 0) is 11.2 Å². The highest BCUT2D eigenvalue weighted by Crippen LogP contribution is 2.32. The van der Waals surface area contributed by atoms with Gasteiger partial charge in [0.05, 0.1) is 26.7 Å². The van der Waals surface area contributed by atoms with Gasteiger partial charge in [-0.2, -0.15) is 9.97 Å². The molecule has 4 rings (SSSR count). The SMILES string of the molecule is COc1ccc(CCOc2nc(N)c3ncn(C4O[C@@H](CO)[C@H](O)[C@@H]4O)c3n2)cc1. The van der Waals surface area contributed by atoms with Crippen LogP contribution in [0, 0.1) is 0 Å². The van der Waals surface area contributed by atoms with Crippen LogP contribution < -0.4 is 15.2 Å². The summed E-state index contributed by atoms with van der Waals surface area (Å²) in [7, 11) is 1.61. The Morgan fingerprint density at radius 2 is 1.93 bits per heavy atom. The minimum Gasteiger partial charge on any atom is -0.497 e. The lowest BCUT2D eigenvalue weighted by atomic mass is 10.1. The first-order chi connectivity index (χ1) is 14.5. The van der Waals surface area contributed by atoms with E-state index < -0.39 is 31.1 Å². The molecule has 3 aromatic rings. The fourth-order valence-electron chi connectivity index (χ4n) is 3.33. The molecule has 0 aliphatic carbocycles. The lowest BCUT2D eigenvalue weighted by molar-refractivity contribution is -0.0511. The van der Waals surface area contributed by atoms with Crippen molar-refractivity contribution >= 4 is 17.0 Å². The molecule has 11 heteroatoms. The molecular weight excluding hydrogens is 394 g/mol. The van der Waals surface area contributed by atoms with Crippen LogP contribution in [0.3, 0.4) is 0 Å². The molecule has 0 amide bonds. The van der Waals surface area contributed by atoms with Crippen LogP contribution in [0.15, 0.2) is 30.6 Å². The molecule has 4 atom stereocenters. The van der Waals surface area contributed by atoms with Crippen LogP contribution in [0.5, 0.6) is 11.8 Å². The molecule has 1 aliphatic heterocycles. The van der Waals surface area contributed by atoms with Gasteiger partial charge >= 0.3 is 6.01 Å². The molecule has 0 bridgehead atoms. The van der Waals surface area contributed by atoms with Gasteiger partial charge in [0.1, 0.15) is 24.1 Å². The van der Waals surface area contributed by atoms with Crippen molar-refractivity contribution in [3.63, 3.8) is 0 Å². The molecule has 1 fully saturated rings. The molecule has 5 N–H and O–H groups in total. The van der Waals surface area contributed by atoms with E-state index in [4.69, 9.17) is 19.9 Å². The summed E-state index contributed by atoms with van der Waals surface area (Å²) in [5, 5.41) is 29.6. The molecular formula is C19H23N5O6. The number of fused-ring (bicyclic) bond motifs is 1. The zero-order chi connectivity index (χ0) is 21.3. The summed E-state index contributed by atoms with van der Waals surface area (Å²) in [6.07, 6.45) is -2.39. The Bertz CT molecular complexity index is 1010. The first kappa shape index (κ1) is 20.3. The number of hydrogen-bond acceptors (Lipinski definition) is 10. The van der Waals surface area contributed by atoms with Gasteiger partial charge in [0.2, 0.25) is 0 Å². The third-order valence-corrected chi connectivity index (χ3v) is 5.00. The normalized spacial score (nSPS) is 23.7. The van der Waals surface area contributed by atoms with Crippen LogP contribution in [0.25, 0.3) is 11.2 Å². The minimum atomic E-state index is -1.27. The highest BCUT2D eigenvalue weighted by Gasteiger charge is 2.44. The molecule has 1 saturated heterocycles. The van der Waals surface area contributed by atoms with E-state index in [-0.39, 0.29) is 17.5 Å². The molecule has 0 spiro atoms. The van der Waals surface area contributed by atoms with Crippen molar-refractivity contribution < 1.29 is 29.5 Å². The molecule has 2 aromatic heterocycles. The fraction of sp³-hybridized carbons (Fsp3) is 0.421. The zero-order valence-electron chi connectivity index (χ0n) is 16.3. The Kier molecular flexibility index (Phi) is 5.68. The van der Waals surface area contributed by atoms with Gasteiger partial charge in [0.15, 0.2) is 23.2 Å². The van der Waals surface area contributed by atoms with Crippen molar-refractivity contribution in [2.75, 3.05) is 26.1 Å². The maximum absolute atomic E-state index is 10.3. The number of nitrogens with zero attached hydrogens (tertiary/aromatic N) is 4. The molecule has 1 unspecified atom stereocenters.